The first-order chi connectivity index (χ1) is 10.1. The van der Waals surface area contributed by atoms with Crippen LogP contribution in [0.1, 0.15) is 42.3 Å². The normalized spacial score (nSPS) is 17.3. The molecule has 1 aliphatic heterocycles. The maximum absolute atomic E-state index is 8.93. The zero-order valence-electron chi connectivity index (χ0n) is 13.4. The van der Waals surface area contributed by atoms with Gasteiger partial charge in [-0.25, -0.2) is 4.98 Å². The van der Waals surface area contributed by atoms with Gasteiger partial charge < -0.3 is 9.80 Å². The molecule has 4 nitrogen and oxygen atoms in total. The molecule has 1 aliphatic rings. The molecule has 1 saturated heterocycles. The van der Waals surface area contributed by atoms with E-state index in [0.717, 1.165) is 25.2 Å². The maximum Gasteiger partial charge on any atom is 0.0944 e. The Labute approximate surface area is 132 Å². The molecule has 0 amide bonds. The molecule has 0 N–H and O–H groups in total. The Morgan fingerprint density at radius 2 is 1.90 bits per heavy atom. The Morgan fingerprint density at radius 3 is 2.48 bits per heavy atom. The predicted molar refractivity (Wildman–Crippen MR) is 87.8 cm³/mol. The van der Waals surface area contributed by atoms with Crippen LogP contribution in [-0.4, -0.2) is 54.1 Å². The first-order valence-corrected chi connectivity index (χ1v) is 8.75. The van der Waals surface area contributed by atoms with E-state index in [1.807, 2.05) is 0 Å². The Kier molecular flexibility index (Phi) is 6.16. The van der Waals surface area contributed by atoms with Crippen LogP contribution in [0.5, 0.6) is 0 Å². The Balaban J connectivity index is 1.89. The number of likely N-dealkylation sites (N-methyl/N-ethyl adjacent to an activating group) is 1. The van der Waals surface area contributed by atoms with Crippen molar-refractivity contribution in [3.63, 3.8) is 0 Å². The van der Waals surface area contributed by atoms with Gasteiger partial charge in [-0.2, -0.15) is 5.26 Å². The van der Waals surface area contributed by atoms with E-state index in [2.05, 4.69) is 36.6 Å². The van der Waals surface area contributed by atoms with Gasteiger partial charge in [0.05, 0.1) is 23.2 Å². The zero-order chi connectivity index (χ0) is 15.2. The molecule has 1 aromatic rings. The molecule has 0 radical (unpaired) electrons. The van der Waals surface area contributed by atoms with Gasteiger partial charge in [0.1, 0.15) is 0 Å². The van der Waals surface area contributed by atoms with Crippen molar-refractivity contribution in [2.45, 2.75) is 39.5 Å². The molecule has 116 valence electrons. The topological polar surface area (TPSA) is 43.2 Å². The summed E-state index contributed by atoms with van der Waals surface area (Å²) in [6, 6.07) is 2.26. The van der Waals surface area contributed by atoms with E-state index in [9.17, 15) is 0 Å². The van der Waals surface area contributed by atoms with Crippen molar-refractivity contribution < 1.29 is 0 Å². The van der Waals surface area contributed by atoms with Gasteiger partial charge in [-0.15, -0.1) is 11.3 Å². The van der Waals surface area contributed by atoms with Crippen molar-refractivity contribution in [2.24, 2.45) is 0 Å². The molecular weight excluding hydrogens is 280 g/mol. The van der Waals surface area contributed by atoms with Gasteiger partial charge in [0, 0.05) is 44.0 Å². The van der Waals surface area contributed by atoms with E-state index in [1.165, 1.54) is 36.1 Å². The fourth-order valence-corrected chi connectivity index (χ4v) is 3.90. The first kappa shape index (κ1) is 16.4. The minimum absolute atomic E-state index is 0.409. The molecule has 0 saturated carbocycles. The van der Waals surface area contributed by atoms with Gasteiger partial charge >= 0.3 is 0 Å². The van der Waals surface area contributed by atoms with E-state index in [4.69, 9.17) is 10.2 Å². The van der Waals surface area contributed by atoms with E-state index in [-0.39, 0.29) is 0 Å². The summed E-state index contributed by atoms with van der Waals surface area (Å²) in [4.78, 5) is 11.0. The molecular formula is C16H26N4S. The largest absolute Gasteiger partial charge is 0.301 e. The first-order valence-electron chi connectivity index (χ1n) is 7.94. The van der Waals surface area contributed by atoms with Crippen molar-refractivity contribution in [3.8, 4) is 6.07 Å². The molecule has 0 aliphatic carbocycles. The van der Waals surface area contributed by atoms with Gasteiger partial charge in [0.15, 0.2) is 0 Å². The lowest BCUT2D eigenvalue weighted by Crippen LogP contribution is -2.46. The number of piperazine rings is 1. The van der Waals surface area contributed by atoms with Gasteiger partial charge in [0.25, 0.3) is 0 Å². The fraction of sp³-hybridized carbons (Fsp3) is 0.750. The minimum Gasteiger partial charge on any atom is -0.301 e. The molecule has 2 heterocycles. The molecule has 2 rings (SSSR count). The average Bonchev–Trinajstić information content (AvgIpc) is 2.89. The summed E-state index contributed by atoms with van der Waals surface area (Å²) in [5.41, 5.74) is 1.13. The van der Waals surface area contributed by atoms with Gasteiger partial charge in [-0.3, -0.25) is 0 Å². The molecule has 0 aromatic carbocycles. The average molecular weight is 306 g/mol. The van der Waals surface area contributed by atoms with Crippen LogP contribution in [0, 0.1) is 11.3 Å². The zero-order valence-corrected chi connectivity index (χ0v) is 14.2. The van der Waals surface area contributed by atoms with E-state index in [1.54, 1.807) is 11.3 Å². The third-order valence-electron chi connectivity index (χ3n) is 4.11. The van der Waals surface area contributed by atoms with E-state index in [0.29, 0.717) is 12.3 Å². The lowest BCUT2D eigenvalue weighted by molar-refractivity contribution is 0.138. The summed E-state index contributed by atoms with van der Waals surface area (Å²) in [7, 11) is 0. The van der Waals surface area contributed by atoms with Crippen LogP contribution < -0.4 is 0 Å². The minimum atomic E-state index is 0.409. The van der Waals surface area contributed by atoms with Crippen molar-refractivity contribution in [2.75, 3.05) is 39.3 Å². The lowest BCUT2D eigenvalue weighted by atomic mass is 10.1. The number of aromatic nitrogens is 1. The van der Waals surface area contributed by atoms with Crippen molar-refractivity contribution in [3.05, 3.63) is 15.6 Å². The van der Waals surface area contributed by atoms with Crippen LogP contribution in [0.4, 0.5) is 0 Å². The Bertz CT molecular complexity index is 481. The lowest BCUT2D eigenvalue weighted by Gasteiger charge is -2.33. The summed E-state index contributed by atoms with van der Waals surface area (Å²) in [6.07, 6.45) is 1.52. The summed E-state index contributed by atoms with van der Waals surface area (Å²) in [5.74, 6) is 0.409. The van der Waals surface area contributed by atoms with Gasteiger partial charge in [0.2, 0.25) is 0 Å². The van der Waals surface area contributed by atoms with Crippen molar-refractivity contribution in [1.29, 1.82) is 5.26 Å². The number of rotatable bonds is 6. The standard InChI is InChI=1S/C16H26N4S/c1-4-19-9-11-20(12-10-19)8-6-15-18-16(13(2)3)14(21-15)5-7-17/h13H,4-6,8-12H2,1-3H3. The smallest absolute Gasteiger partial charge is 0.0944 e. The Morgan fingerprint density at radius 1 is 1.24 bits per heavy atom. The van der Waals surface area contributed by atoms with Gasteiger partial charge in [-0.1, -0.05) is 20.8 Å². The number of nitriles is 1. The van der Waals surface area contributed by atoms with Crippen LogP contribution in [0.2, 0.25) is 0 Å². The highest BCUT2D eigenvalue weighted by Crippen LogP contribution is 2.26. The number of hydrogen-bond donors (Lipinski definition) is 0. The molecule has 21 heavy (non-hydrogen) atoms. The monoisotopic (exact) mass is 306 g/mol. The number of nitrogens with zero attached hydrogens (tertiary/aromatic N) is 4. The number of hydrogen-bond acceptors (Lipinski definition) is 5. The number of thiazole rings is 1. The second-order valence-electron chi connectivity index (χ2n) is 5.93. The second-order valence-corrected chi connectivity index (χ2v) is 7.10. The van der Waals surface area contributed by atoms with E-state index >= 15 is 0 Å². The molecule has 1 fully saturated rings. The summed E-state index contributed by atoms with van der Waals surface area (Å²) in [5, 5.41) is 10.1. The van der Waals surface area contributed by atoms with Crippen LogP contribution in [0.25, 0.3) is 0 Å². The maximum atomic E-state index is 8.93. The van der Waals surface area contributed by atoms with Crippen LogP contribution in [0.15, 0.2) is 0 Å². The van der Waals surface area contributed by atoms with Crippen LogP contribution in [0.3, 0.4) is 0 Å². The molecule has 0 spiro atoms. The highest BCUT2D eigenvalue weighted by atomic mass is 32.1. The SMILES string of the molecule is CCN1CCN(CCc2nc(C(C)C)c(CC#N)s2)CC1. The second kappa shape index (κ2) is 7.88. The molecule has 0 bridgehead atoms. The van der Waals surface area contributed by atoms with Crippen LogP contribution >= 0.6 is 11.3 Å². The summed E-state index contributed by atoms with van der Waals surface area (Å²) < 4.78 is 0. The third-order valence-corrected chi connectivity index (χ3v) is 5.24. The molecule has 0 atom stereocenters. The molecule has 1 aromatic heterocycles. The third kappa shape index (κ3) is 4.50. The fourth-order valence-electron chi connectivity index (χ4n) is 2.75. The highest BCUT2D eigenvalue weighted by Gasteiger charge is 2.17. The van der Waals surface area contributed by atoms with Crippen LogP contribution in [-0.2, 0) is 12.8 Å². The van der Waals surface area contributed by atoms with Crippen molar-refractivity contribution >= 4 is 11.3 Å². The summed E-state index contributed by atoms with van der Waals surface area (Å²) in [6.45, 7) is 13.5. The molecule has 0 unspecified atom stereocenters. The predicted octanol–water partition coefficient (Wildman–Crippen LogP) is 2.51. The van der Waals surface area contributed by atoms with E-state index < -0.39 is 0 Å². The molecule has 5 heteroatoms. The highest BCUT2D eigenvalue weighted by molar-refractivity contribution is 7.11. The van der Waals surface area contributed by atoms with Gasteiger partial charge in [-0.05, 0) is 12.5 Å². The Hall–Kier alpha value is -0.960. The summed E-state index contributed by atoms with van der Waals surface area (Å²) >= 11 is 1.74. The quantitative estimate of drug-likeness (QED) is 0.810. The van der Waals surface area contributed by atoms with Crippen molar-refractivity contribution in [1.82, 2.24) is 14.8 Å².